The number of aromatic amines is 1. The molecular weight excluding hydrogens is 396 g/mol. The maximum atomic E-state index is 12.1. The summed E-state index contributed by atoms with van der Waals surface area (Å²) < 4.78 is 11.5. The molecule has 2 aromatic heterocycles. The Kier molecular flexibility index (Phi) is 5.01. The molecule has 0 unspecified atom stereocenters. The Labute approximate surface area is 177 Å². The number of hydrogen-bond donors (Lipinski definition) is 2. The minimum Gasteiger partial charge on any atom is -0.465 e. The second kappa shape index (κ2) is 7.80. The predicted molar refractivity (Wildman–Crippen MR) is 113 cm³/mol. The molecule has 0 fully saturated rings. The Balaban J connectivity index is 1.94. The summed E-state index contributed by atoms with van der Waals surface area (Å²) in [6, 6.07) is 16.4. The monoisotopic (exact) mass is 415 g/mol. The van der Waals surface area contributed by atoms with Crippen LogP contribution in [0.1, 0.15) is 31.8 Å². The summed E-state index contributed by atoms with van der Waals surface area (Å²) >= 11 is 0. The molecule has 0 amide bonds. The molecule has 0 aliphatic rings. The number of hydrogen-bond acceptors (Lipinski definition) is 6. The third-order valence-corrected chi connectivity index (χ3v) is 5.01. The van der Waals surface area contributed by atoms with E-state index < -0.39 is 11.9 Å². The number of imidazole rings is 1. The van der Waals surface area contributed by atoms with Gasteiger partial charge in [-0.1, -0.05) is 12.1 Å². The summed E-state index contributed by atoms with van der Waals surface area (Å²) in [6.07, 6.45) is 0. The number of esters is 2. The van der Waals surface area contributed by atoms with Gasteiger partial charge in [-0.2, -0.15) is 9.66 Å². The van der Waals surface area contributed by atoms with Crippen LogP contribution in [0.2, 0.25) is 0 Å². The molecule has 0 bridgehead atoms. The van der Waals surface area contributed by atoms with Crippen LogP contribution in [0, 0.1) is 18.3 Å². The average Bonchev–Trinajstić information content (AvgIpc) is 3.17. The van der Waals surface area contributed by atoms with Crippen molar-refractivity contribution in [2.24, 2.45) is 0 Å². The summed E-state index contributed by atoms with van der Waals surface area (Å²) in [4.78, 5) is 27.5. The van der Waals surface area contributed by atoms with E-state index in [0.717, 1.165) is 16.6 Å². The number of anilines is 2. The molecule has 8 heteroatoms. The van der Waals surface area contributed by atoms with Crippen molar-refractivity contribution >= 4 is 40.1 Å². The van der Waals surface area contributed by atoms with Crippen LogP contribution in [-0.4, -0.2) is 31.1 Å². The van der Waals surface area contributed by atoms with Crippen molar-refractivity contribution in [3.8, 4) is 6.07 Å². The molecule has 0 saturated heterocycles. The average molecular weight is 415 g/mol. The molecule has 31 heavy (non-hydrogen) atoms. The van der Waals surface area contributed by atoms with E-state index in [1.165, 1.54) is 20.3 Å². The van der Waals surface area contributed by atoms with Gasteiger partial charge < -0.3 is 9.47 Å². The first-order chi connectivity index (χ1) is 15.0. The molecular formula is C23H19N4O4+. The number of pyridine rings is 1. The van der Waals surface area contributed by atoms with Crippen molar-refractivity contribution in [1.29, 1.82) is 5.26 Å². The number of ether oxygens (including phenoxy) is 2. The lowest BCUT2D eigenvalue weighted by Gasteiger charge is -2.09. The van der Waals surface area contributed by atoms with E-state index in [0.29, 0.717) is 22.7 Å². The van der Waals surface area contributed by atoms with Crippen LogP contribution in [0.25, 0.3) is 16.7 Å². The highest BCUT2D eigenvalue weighted by Gasteiger charge is 2.22. The Hall–Kier alpha value is -4.38. The Morgan fingerprint density at radius 2 is 1.68 bits per heavy atom. The number of carbonyl (C=O) groups is 2. The van der Waals surface area contributed by atoms with Gasteiger partial charge in [0.2, 0.25) is 11.5 Å². The van der Waals surface area contributed by atoms with E-state index in [2.05, 4.69) is 16.4 Å². The van der Waals surface area contributed by atoms with Crippen molar-refractivity contribution in [2.75, 3.05) is 19.5 Å². The van der Waals surface area contributed by atoms with E-state index in [-0.39, 0.29) is 11.1 Å². The lowest BCUT2D eigenvalue weighted by Crippen LogP contribution is -2.26. The van der Waals surface area contributed by atoms with Gasteiger partial charge in [-0.3, -0.25) is 10.3 Å². The topological polar surface area (TPSA) is 108 Å². The molecule has 2 heterocycles. The molecule has 154 valence electrons. The quantitative estimate of drug-likeness (QED) is 0.391. The first-order valence-electron chi connectivity index (χ1n) is 9.41. The van der Waals surface area contributed by atoms with E-state index >= 15 is 0 Å². The van der Waals surface area contributed by atoms with Gasteiger partial charge in [0.1, 0.15) is 22.7 Å². The molecule has 0 radical (unpaired) electrons. The van der Waals surface area contributed by atoms with E-state index in [1.54, 1.807) is 12.1 Å². The minimum absolute atomic E-state index is 0.207. The number of nitrogens with one attached hydrogen (secondary N) is 2. The van der Waals surface area contributed by atoms with Gasteiger partial charge in [0.25, 0.3) is 0 Å². The molecule has 4 aromatic rings. The van der Waals surface area contributed by atoms with Gasteiger partial charge in [0.15, 0.2) is 0 Å². The Bertz CT molecular complexity index is 1360. The summed E-state index contributed by atoms with van der Waals surface area (Å²) in [5, 5.41) is 12.9. The number of nitriles is 1. The number of aryl methyl sites for hydroxylation is 1. The second-order valence-electron chi connectivity index (χ2n) is 6.93. The zero-order valence-electron chi connectivity index (χ0n) is 17.1. The molecule has 0 spiro atoms. The molecule has 2 aromatic carbocycles. The predicted octanol–water partition coefficient (Wildman–Crippen LogP) is 3.40. The molecule has 0 saturated carbocycles. The van der Waals surface area contributed by atoms with E-state index in [1.807, 2.05) is 41.7 Å². The van der Waals surface area contributed by atoms with Crippen LogP contribution in [0.15, 0.2) is 48.5 Å². The summed E-state index contributed by atoms with van der Waals surface area (Å²) in [5.41, 5.74) is 4.58. The highest BCUT2D eigenvalue weighted by molar-refractivity contribution is 5.97. The van der Waals surface area contributed by atoms with Gasteiger partial charge in [0.05, 0.1) is 31.0 Å². The molecule has 8 nitrogen and oxygen atoms in total. The van der Waals surface area contributed by atoms with Crippen molar-refractivity contribution in [1.82, 2.24) is 4.98 Å². The summed E-state index contributed by atoms with van der Waals surface area (Å²) in [7, 11) is 2.55. The largest absolute Gasteiger partial charge is 0.465 e. The highest BCUT2D eigenvalue weighted by Crippen LogP contribution is 2.24. The smallest absolute Gasteiger partial charge is 0.338 e. The van der Waals surface area contributed by atoms with Crippen LogP contribution in [0.3, 0.4) is 0 Å². The van der Waals surface area contributed by atoms with Crippen LogP contribution in [-0.2, 0) is 9.47 Å². The van der Waals surface area contributed by atoms with Crippen molar-refractivity contribution < 1.29 is 23.5 Å². The lowest BCUT2D eigenvalue weighted by molar-refractivity contribution is -0.464. The Morgan fingerprint density at radius 1 is 1.03 bits per heavy atom. The van der Waals surface area contributed by atoms with Crippen molar-refractivity contribution in [3.05, 3.63) is 70.8 Å². The number of H-pyrrole nitrogens is 1. The van der Waals surface area contributed by atoms with Gasteiger partial charge in [-0.15, -0.1) is 0 Å². The highest BCUT2D eigenvalue weighted by atomic mass is 16.5. The van der Waals surface area contributed by atoms with Gasteiger partial charge in [0, 0.05) is 6.07 Å². The fraction of sp³-hybridized carbons (Fsp3) is 0.130. The third-order valence-electron chi connectivity index (χ3n) is 5.01. The molecule has 0 aliphatic heterocycles. The van der Waals surface area contributed by atoms with Gasteiger partial charge in [-0.25, -0.2) is 9.59 Å². The molecule has 0 aliphatic carbocycles. The normalized spacial score (nSPS) is 10.6. The number of aromatic nitrogens is 2. The number of rotatable bonds is 4. The minimum atomic E-state index is -0.574. The van der Waals surface area contributed by atoms with Crippen molar-refractivity contribution in [2.45, 2.75) is 6.92 Å². The third kappa shape index (κ3) is 3.42. The zero-order valence-corrected chi connectivity index (χ0v) is 17.1. The number of methoxy groups -OCH3 is 2. The fourth-order valence-corrected chi connectivity index (χ4v) is 3.58. The second-order valence-corrected chi connectivity index (χ2v) is 6.93. The van der Waals surface area contributed by atoms with Crippen LogP contribution < -0.4 is 9.72 Å². The number of nitrogens with zero attached hydrogens (tertiary/aromatic N) is 2. The Morgan fingerprint density at radius 3 is 2.29 bits per heavy atom. The lowest BCUT2D eigenvalue weighted by atomic mass is 10.1. The van der Waals surface area contributed by atoms with Crippen LogP contribution in [0.4, 0.5) is 11.5 Å². The van der Waals surface area contributed by atoms with Gasteiger partial charge in [-0.05, 0) is 42.8 Å². The molecule has 4 rings (SSSR count). The van der Waals surface area contributed by atoms with Crippen molar-refractivity contribution in [3.63, 3.8) is 0 Å². The van der Waals surface area contributed by atoms with E-state index in [9.17, 15) is 14.9 Å². The van der Waals surface area contributed by atoms with Gasteiger partial charge >= 0.3 is 11.9 Å². The first-order valence-corrected chi connectivity index (χ1v) is 9.41. The molecule has 2 N–H and O–H groups in total. The van der Waals surface area contributed by atoms with Crippen LogP contribution >= 0.6 is 0 Å². The summed E-state index contributed by atoms with van der Waals surface area (Å²) in [6.45, 7) is 1.85. The SMILES string of the molecule is COC(=O)c1cc(Nc2cc(C)c(C#N)c3[nH]c4ccccc4[n+]23)cc(C(=O)OC)c1. The fourth-order valence-electron chi connectivity index (χ4n) is 3.58. The number of carbonyl (C=O) groups excluding carboxylic acids is 2. The number of fused-ring (bicyclic) bond motifs is 3. The first kappa shape index (κ1) is 19.9. The number of para-hydroxylation sites is 2. The zero-order chi connectivity index (χ0) is 22.1. The molecule has 0 atom stereocenters. The van der Waals surface area contributed by atoms with Crippen LogP contribution in [0.5, 0.6) is 0 Å². The standard InChI is InChI=1S/C23H18N4O4/c1-13-8-20(27-19-7-5-4-6-18(19)26-21(27)17(13)12-24)25-16-10-14(22(28)30-2)9-15(11-16)23(29)31-3/h4-11H,1-3H3,(H,25,26)/p+1. The summed E-state index contributed by atoms with van der Waals surface area (Å²) in [5.74, 6) is -0.494. The maximum Gasteiger partial charge on any atom is 0.338 e. The number of benzene rings is 2. The maximum absolute atomic E-state index is 12.1. The van der Waals surface area contributed by atoms with E-state index in [4.69, 9.17) is 9.47 Å².